The molecule has 1 heterocycles. The van der Waals surface area contributed by atoms with Crippen molar-refractivity contribution in [2.24, 2.45) is 0 Å². The fraction of sp³-hybridized carbons (Fsp3) is 0.250. The molecule has 1 saturated heterocycles. The van der Waals surface area contributed by atoms with Crippen LogP contribution in [0.5, 0.6) is 5.75 Å². The molecule has 8 heteroatoms. The molecule has 0 saturated carbocycles. The lowest BCUT2D eigenvalue weighted by Gasteiger charge is -2.25. The van der Waals surface area contributed by atoms with Crippen LogP contribution >= 0.6 is 11.8 Å². The fourth-order valence-electron chi connectivity index (χ4n) is 2.84. The maximum Gasteiger partial charge on any atom is 0.273 e. The average Bonchev–Trinajstić information content (AvgIpc) is 3.03. The molecule has 2 aromatic carbocycles. The highest BCUT2D eigenvalue weighted by atomic mass is 32.2. The van der Waals surface area contributed by atoms with E-state index in [1.807, 2.05) is 30.3 Å². The van der Waals surface area contributed by atoms with E-state index in [0.29, 0.717) is 23.8 Å². The quantitative estimate of drug-likeness (QED) is 0.780. The van der Waals surface area contributed by atoms with Crippen molar-refractivity contribution in [3.63, 3.8) is 0 Å². The molecule has 0 unspecified atom stereocenters. The second-order valence-corrected chi connectivity index (χ2v) is 7.17. The number of ether oxygens (including phenoxy) is 1. The normalized spacial score (nSPS) is 16.0. The van der Waals surface area contributed by atoms with Gasteiger partial charge in [-0.05, 0) is 24.6 Å². The zero-order chi connectivity index (χ0) is 20.1. The predicted octanol–water partition coefficient (Wildman–Crippen LogP) is 2.96. The summed E-state index contributed by atoms with van der Waals surface area (Å²) in [6.45, 7) is 3.56. The molecule has 2 aromatic rings. The zero-order valence-electron chi connectivity index (χ0n) is 15.6. The molecule has 7 nitrogen and oxygen atoms in total. The van der Waals surface area contributed by atoms with Crippen molar-refractivity contribution in [2.75, 3.05) is 17.7 Å². The Bertz CT molecular complexity index is 888. The third kappa shape index (κ3) is 4.45. The van der Waals surface area contributed by atoms with Crippen LogP contribution in [0.4, 0.5) is 5.69 Å². The van der Waals surface area contributed by atoms with Crippen LogP contribution in [0.1, 0.15) is 35.1 Å². The van der Waals surface area contributed by atoms with E-state index in [4.69, 9.17) is 4.74 Å². The van der Waals surface area contributed by atoms with Crippen LogP contribution in [0.15, 0.2) is 48.5 Å². The molecule has 1 atom stereocenters. The lowest BCUT2D eigenvalue weighted by Crippen LogP contribution is -2.44. The summed E-state index contributed by atoms with van der Waals surface area (Å²) in [5.41, 5.74) is 4.46. The third-order valence-electron chi connectivity index (χ3n) is 4.02. The first-order valence-corrected chi connectivity index (χ1v) is 9.88. The molecule has 0 aromatic heterocycles. The second-order valence-electron chi connectivity index (χ2n) is 6.10. The maximum atomic E-state index is 12.9. The number of hydrazine groups is 1. The number of nitrogens with one attached hydrogen (secondary N) is 2. The van der Waals surface area contributed by atoms with Crippen molar-refractivity contribution in [2.45, 2.75) is 19.2 Å². The standard InChI is InChI=1S/C20H21N3O4S/c1-3-27-17-11-15(21-13(2)24)9-10-16(17)19(26)22-23-18(25)12-28-20(23)14-7-5-4-6-8-14/h4-11,20H,3,12H2,1-2H3,(H,21,24)(H,22,26)/t20-/m1/s1. The molecule has 0 bridgehead atoms. The summed E-state index contributed by atoms with van der Waals surface area (Å²) >= 11 is 1.46. The van der Waals surface area contributed by atoms with Gasteiger partial charge in [-0.2, -0.15) is 0 Å². The van der Waals surface area contributed by atoms with E-state index in [1.54, 1.807) is 25.1 Å². The highest BCUT2D eigenvalue weighted by Crippen LogP contribution is 2.37. The number of thioether (sulfide) groups is 1. The highest BCUT2D eigenvalue weighted by Gasteiger charge is 2.34. The van der Waals surface area contributed by atoms with Crippen LogP contribution in [-0.2, 0) is 9.59 Å². The first-order valence-electron chi connectivity index (χ1n) is 8.83. The van der Waals surface area contributed by atoms with Gasteiger partial charge in [0, 0.05) is 18.7 Å². The first-order chi connectivity index (χ1) is 13.5. The minimum absolute atomic E-state index is 0.167. The first kappa shape index (κ1) is 19.8. The van der Waals surface area contributed by atoms with E-state index in [2.05, 4.69) is 10.7 Å². The van der Waals surface area contributed by atoms with Crippen molar-refractivity contribution < 1.29 is 19.1 Å². The molecule has 0 aliphatic carbocycles. The van der Waals surface area contributed by atoms with Crippen molar-refractivity contribution in [1.82, 2.24) is 10.4 Å². The number of benzene rings is 2. The Kier molecular flexibility index (Phi) is 6.20. The number of anilines is 1. The lowest BCUT2D eigenvalue weighted by molar-refractivity contribution is -0.130. The van der Waals surface area contributed by atoms with Gasteiger partial charge < -0.3 is 10.1 Å². The fourth-order valence-corrected chi connectivity index (χ4v) is 3.95. The van der Waals surface area contributed by atoms with Crippen LogP contribution in [0.25, 0.3) is 0 Å². The number of rotatable bonds is 6. The Labute approximate surface area is 167 Å². The van der Waals surface area contributed by atoms with Crippen LogP contribution in [-0.4, -0.2) is 35.1 Å². The third-order valence-corrected chi connectivity index (χ3v) is 5.23. The summed E-state index contributed by atoms with van der Waals surface area (Å²) in [6.07, 6.45) is 0. The topological polar surface area (TPSA) is 87.7 Å². The van der Waals surface area contributed by atoms with Gasteiger partial charge in [-0.25, -0.2) is 5.01 Å². The smallest absolute Gasteiger partial charge is 0.273 e. The Morgan fingerprint density at radius 2 is 1.96 bits per heavy atom. The second kappa shape index (κ2) is 8.79. The molecular weight excluding hydrogens is 378 g/mol. The van der Waals surface area contributed by atoms with Gasteiger partial charge in [0.2, 0.25) is 5.91 Å². The molecule has 2 N–H and O–H groups in total. The highest BCUT2D eigenvalue weighted by molar-refractivity contribution is 8.00. The van der Waals surface area contributed by atoms with Gasteiger partial charge in [-0.15, -0.1) is 11.8 Å². The largest absolute Gasteiger partial charge is 0.493 e. The van der Waals surface area contributed by atoms with Gasteiger partial charge in [-0.3, -0.25) is 19.8 Å². The number of carbonyl (C=O) groups is 3. The number of hydrogen-bond acceptors (Lipinski definition) is 5. The van der Waals surface area contributed by atoms with E-state index in [9.17, 15) is 14.4 Å². The Balaban J connectivity index is 1.83. The van der Waals surface area contributed by atoms with Crippen molar-refractivity contribution >= 4 is 35.2 Å². The minimum Gasteiger partial charge on any atom is -0.493 e. The maximum absolute atomic E-state index is 12.9. The van der Waals surface area contributed by atoms with Crippen LogP contribution in [0.2, 0.25) is 0 Å². The summed E-state index contributed by atoms with van der Waals surface area (Å²) in [5, 5.41) is 3.74. The average molecular weight is 399 g/mol. The number of nitrogens with zero attached hydrogens (tertiary/aromatic N) is 1. The lowest BCUT2D eigenvalue weighted by atomic mass is 10.1. The van der Waals surface area contributed by atoms with Crippen molar-refractivity contribution in [1.29, 1.82) is 0 Å². The van der Waals surface area contributed by atoms with Crippen LogP contribution < -0.4 is 15.5 Å². The molecule has 0 radical (unpaired) electrons. The van der Waals surface area contributed by atoms with E-state index in [0.717, 1.165) is 5.56 Å². The van der Waals surface area contributed by atoms with E-state index < -0.39 is 5.91 Å². The van der Waals surface area contributed by atoms with Gasteiger partial charge >= 0.3 is 0 Å². The molecule has 3 rings (SSSR count). The van der Waals surface area contributed by atoms with E-state index in [1.165, 1.54) is 23.7 Å². The van der Waals surface area contributed by atoms with E-state index in [-0.39, 0.29) is 22.8 Å². The summed E-state index contributed by atoms with van der Waals surface area (Å²) in [7, 11) is 0. The Morgan fingerprint density at radius 1 is 1.21 bits per heavy atom. The molecular formula is C20H21N3O4S. The van der Waals surface area contributed by atoms with Gasteiger partial charge in [0.1, 0.15) is 11.1 Å². The number of amides is 3. The van der Waals surface area contributed by atoms with Crippen LogP contribution in [0.3, 0.4) is 0 Å². The van der Waals surface area contributed by atoms with Gasteiger partial charge in [-0.1, -0.05) is 30.3 Å². The SMILES string of the molecule is CCOc1cc(NC(C)=O)ccc1C(=O)NN1C(=O)CS[C@@H]1c1ccccc1. The monoisotopic (exact) mass is 399 g/mol. The number of hydrogen-bond donors (Lipinski definition) is 2. The van der Waals surface area contributed by atoms with Gasteiger partial charge in [0.25, 0.3) is 11.8 Å². The molecule has 28 heavy (non-hydrogen) atoms. The van der Waals surface area contributed by atoms with E-state index >= 15 is 0 Å². The Morgan fingerprint density at radius 3 is 2.64 bits per heavy atom. The molecule has 146 valence electrons. The van der Waals surface area contributed by atoms with Gasteiger partial charge in [0.15, 0.2) is 0 Å². The van der Waals surface area contributed by atoms with Crippen molar-refractivity contribution in [3.8, 4) is 5.75 Å². The molecule has 1 fully saturated rings. The summed E-state index contributed by atoms with van der Waals surface area (Å²) in [5.74, 6) is -0.207. The van der Waals surface area contributed by atoms with Crippen LogP contribution in [0, 0.1) is 0 Å². The van der Waals surface area contributed by atoms with Gasteiger partial charge in [0.05, 0.1) is 17.9 Å². The number of carbonyl (C=O) groups excluding carboxylic acids is 3. The summed E-state index contributed by atoms with van der Waals surface area (Å²) in [4.78, 5) is 36.5. The molecule has 0 spiro atoms. The Hall–Kier alpha value is -3.00. The molecule has 1 aliphatic heterocycles. The predicted molar refractivity (Wildman–Crippen MR) is 108 cm³/mol. The summed E-state index contributed by atoms with van der Waals surface area (Å²) < 4.78 is 5.56. The zero-order valence-corrected chi connectivity index (χ0v) is 16.4. The molecule has 1 aliphatic rings. The molecule has 3 amide bonds. The summed E-state index contributed by atoms with van der Waals surface area (Å²) in [6, 6.07) is 14.3. The minimum atomic E-state index is -0.449. The van der Waals surface area contributed by atoms with Crippen molar-refractivity contribution in [3.05, 3.63) is 59.7 Å².